The molecule has 0 bridgehead atoms. The third kappa shape index (κ3) is 3.77. The molecule has 1 N–H and O–H groups in total. The second-order valence-corrected chi connectivity index (χ2v) is 7.89. The van der Waals surface area contributed by atoms with Gasteiger partial charge in [0, 0.05) is 18.7 Å². The Labute approximate surface area is 144 Å². The Balaban J connectivity index is 2.42. The molecular weight excluding hydrogens is 326 g/mol. The fourth-order valence-corrected chi connectivity index (χ4v) is 4.03. The van der Waals surface area contributed by atoms with Crippen molar-refractivity contribution >= 4 is 21.8 Å². The van der Waals surface area contributed by atoms with Crippen LogP contribution >= 0.6 is 0 Å². The smallest absolute Gasteiger partial charge is 0.263 e. The lowest BCUT2D eigenvalue weighted by molar-refractivity contribution is -0.132. The van der Waals surface area contributed by atoms with Crippen molar-refractivity contribution in [2.45, 2.75) is 45.1 Å². The number of likely N-dealkylation sites (N-methyl/N-ethyl adjacent to an activating group) is 1. The summed E-state index contributed by atoms with van der Waals surface area (Å²) in [6.07, 6.45) is 0.572. The van der Waals surface area contributed by atoms with Crippen LogP contribution in [0.1, 0.15) is 39.7 Å². The fraction of sp³-hybridized carbons (Fsp3) is 0.529. The molecule has 1 heterocycles. The lowest BCUT2D eigenvalue weighted by atomic mass is 10.0. The zero-order chi connectivity index (χ0) is 17.9. The molecular formula is C17H25N3O3S. The van der Waals surface area contributed by atoms with E-state index >= 15 is 0 Å². The van der Waals surface area contributed by atoms with E-state index in [0.717, 1.165) is 0 Å². The Morgan fingerprint density at radius 3 is 2.42 bits per heavy atom. The summed E-state index contributed by atoms with van der Waals surface area (Å²) in [5.74, 6) is 0.466. The van der Waals surface area contributed by atoms with Gasteiger partial charge in [-0.2, -0.15) is 0 Å². The minimum Gasteiger partial charge on any atom is -0.341 e. The molecule has 24 heavy (non-hydrogen) atoms. The SMILES string of the molecule is CCN(CC)C(=O)[C@H](CC(C)C)N=C1NS(=O)(=O)c2ccccc21. The van der Waals surface area contributed by atoms with Crippen LogP contribution in [-0.2, 0) is 14.8 Å². The monoisotopic (exact) mass is 351 g/mol. The van der Waals surface area contributed by atoms with E-state index in [4.69, 9.17) is 0 Å². The van der Waals surface area contributed by atoms with Gasteiger partial charge >= 0.3 is 0 Å². The summed E-state index contributed by atoms with van der Waals surface area (Å²) in [6, 6.07) is 6.10. The van der Waals surface area contributed by atoms with Crippen molar-refractivity contribution in [3.63, 3.8) is 0 Å². The van der Waals surface area contributed by atoms with E-state index in [1.807, 2.05) is 27.7 Å². The molecule has 1 atom stereocenters. The predicted octanol–water partition coefficient (Wildman–Crippen LogP) is 2.01. The van der Waals surface area contributed by atoms with Crippen LogP contribution in [0.3, 0.4) is 0 Å². The zero-order valence-corrected chi connectivity index (χ0v) is 15.4. The maximum Gasteiger partial charge on any atom is 0.263 e. The first-order chi connectivity index (χ1) is 11.3. The summed E-state index contributed by atoms with van der Waals surface area (Å²) in [6.45, 7) is 9.11. The maximum absolute atomic E-state index is 12.7. The molecule has 0 radical (unpaired) electrons. The number of rotatable bonds is 6. The molecule has 1 aromatic rings. The predicted molar refractivity (Wildman–Crippen MR) is 94.5 cm³/mol. The third-order valence-corrected chi connectivity index (χ3v) is 5.40. The quantitative estimate of drug-likeness (QED) is 0.851. The topological polar surface area (TPSA) is 78.8 Å². The number of amidine groups is 1. The first kappa shape index (κ1) is 18.4. The van der Waals surface area contributed by atoms with E-state index in [9.17, 15) is 13.2 Å². The first-order valence-corrected chi connectivity index (χ1v) is 9.77. The minimum atomic E-state index is -3.59. The molecule has 0 aromatic heterocycles. The third-order valence-electron chi connectivity index (χ3n) is 4.00. The molecule has 132 valence electrons. The van der Waals surface area contributed by atoms with Gasteiger partial charge in [0.2, 0.25) is 5.91 Å². The molecule has 0 saturated heterocycles. The van der Waals surface area contributed by atoms with E-state index in [-0.39, 0.29) is 22.6 Å². The van der Waals surface area contributed by atoms with Crippen molar-refractivity contribution in [1.29, 1.82) is 0 Å². The van der Waals surface area contributed by atoms with Crippen LogP contribution in [0.5, 0.6) is 0 Å². The van der Waals surface area contributed by atoms with Gasteiger partial charge in [0.25, 0.3) is 10.0 Å². The lowest BCUT2D eigenvalue weighted by Gasteiger charge is -2.24. The fourth-order valence-electron chi connectivity index (χ4n) is 2.79. The van der Waals surface area contributed by atoms with Crippen LogP contribution in [0.25, 0.3) is 0 Å². The van der Waals surface area contributed by atoms with Gasteiger partial charge in [-0.3, -0.25) is 14.5 Å². The highest BCUT2D eigenvalue weighted by Gasteiger charge is 2.32. The highest BCUT2D eigenvalue weighted by Crippen LogP contribution is 2.23. The number of fused-ring (bicyclic) bond motifs is 1. The molecule has 7 heteroatoms. The van der Waals surface area contributed by atoms with E-state index in [1.54, 1.807) is 29.2 Å². The molecule has 2 rings (SSSR count). The van der Waals surface area contributed by atoms with E-state index < -0.39 is 16.1 Å². The second-order valence-electron chi connectivity index (χ2n) is 6.24. The van der Waals surface area contributed by atoms with Crippen molar-refractivity contribution in [3.8, 4) is 0 Å². The van der Waals surface area contributed by atoms with Gasteiger partial charge in [0.15, 0.2) is 0 Å². The van der Waals surface area contributed by atoms with E-state index in [0.29, 0.717) is 25.1 Å². The van der Waals surface area contributed by atoms with E-state index in [1.165, 1.54) is 0 Å². The lowest BCUT2D eigenvalue weighted by Crippen LogP contribution is -2.40. The number of carbonyl (C=O) groups excluding carboxylic acids is 1. The van der Waals surface area contributed by atoms with Crippen molar-refractivity contribution in [2.75, 3.05) is 13.1 Å². The maximum atomic E-state index is 12.7. The Hall–Kier alpha value is -1.89. The molecule has 1 amide bonds. The van der Waals surface area contributed by atoms with Gasteiger partial charge in [-0.25, -0.2) is 8.42 Å². The van der Waals surface area contributed by atoms with Crippen LogP contribution in [0.15, 0.2) is 34.2 Å². The number of hydrogen-bond acceptors (Lipinski definition) is 4. The molecule has 0 saturated carbocycles. The van der Waals surface area contributed by atoms with Crippen LogP contribution in [0.2, 0.25) is 0 Å². The largest absolute Gasteiger partial charge is 0.341 e. The van der Waals surface area contributed by atoms with Gasteiger partial charge in [-0.15, -0.1) is 0 Å². The van der Waals surface area contributed by atoms with Gasteiger partial charge in [-0.05, 0) is 38.3 Å². The van der Waals surface area contributed by atoms with Crippen molar-refractivity contribution in [2.24, 2.45) is 10.9 Å². The Morgan fingerprint density at radius 2 is 1.83 bits per heavy atom. The number of amides is 1. The van der Waals surface area contributed by atoms with Crippen LogP contribution < -0.4 is 4.72 Å². The van der Waals surface area contributed by atoms with Crippen LogP contribution in [0.4, 0.5) is 0 Å². The first-order valence-electron chi connectivity index (χ1n) is 8.29. The number of carbonyl (C=O) groups is 1. The summed E-state index contributed by atoms with van der Waals surface area (Å²) < 4.78 is 26.9. The standard InChI is InChI=1S/C17H25N3O3S/c1-5-20(6-2)17(21)14(11-12(3)4)18-16-13-9-7-8-10-15(13)24(22,23)19-16/h7-10,12,14H,5-6,11H2,1-4H3,(H,18,19)/t14-/m0/s1. The number of nitrogens with one attached hydrogen (secondary N) is 1. The minimum absolute atomic E-state index is 0.0650. The highest BCUT2D eigenvalue weighted by atomic mass is 32.2. The summed E-state index contributed by atoms with van der Waals surface area (Å²) in [5.41, 5.74) is 0.526. The molecule has 0 spiro atoms. The second kappa shape index (κ2) is 7.34. The number of nitrogens with zero attached hydrogens (tertiary/aromatic N) is 2. The number of aliphatic imine (C=N–C) groups is 1. The molecule has 1 aliphatic rings. The van der Waals surface area contributed by atoms with Gasteiger partial charge in [0.05, 0.1) is 4.90 Å². The molecule has 0 fully saturated rings. The summed E-state index contributed by atoms with van der Waals surface area (Å²) >= 11 is 0. The van der Waals surface area contributed by atoms with Gasteiger partial charge in [-0.1, -0.05) is 26.0 Å². The summed E-state index contributed by atoms with van der Waals surface area (Å²) in [7, 11) is -3.59. The Bertz CT molecular complexity index is 737. The molecule has 1 aliphatic heterocycles. The van der Waals surface area contributed by atoms with E-state index in [2.05, 4.69) is 9.71 Å². The van der Waals surface area contributed by atoms with Gasteiger partial charge in [0.1, 0.15) is 11.9 Å². The number of hydrogen-bond donors (Lipinski definition) is 1. The number of benzene rings is 1. The molecule has 1 aromatic carbocycles. The zero-order valence-electron chi connectivity index (χ0n) is 14.6. The van der Waals surface area contributed by atoms with Crippen LogP contribution in [-0.4, -0.2) is 44.2 Å². The van der Waals surface area contributed by atoms with Gasteiger partial charge < -0.3 is 4.90 Å². The van der Waals surface area contributed by atoms with Crippen molar-refractivity contribution < 1.29 is 13.2 Å². The molecule has 6 nitrogen and oxygen atoms in total. The number of sulfonamides is 1. The van der Waals surface area contributed by atoms with Crippen molar-refractivity contribution in [1.82, 2.24) is 9.62 Å². The average molecular weight is 351 g/mol. The summed E-state index contributed by atoms with van der Waals surface area (Å²) in [5, 5.41) is 0. The Kier molecular flexibility index (Phi) is 5.64. The normalized spacial score (nSPS) is 18.3. The van der Waals surface area contributed by atoms with Crippen LogP contribution in [0, 0.1) is 5.92 Å². The van der Waals surface area contributed by atoms with Crippen molar-refractivity contribution in [3.05, 3.63) is 29.8 Å². The Morgan fingerprint density at radius 1 is 1.21 bits per heavy atom. The average Bonchev–Trinajstić information content (AvgIpc) is 2.79. The molecule has 0 aliphatic carbocycles. The molecule has 0 unspecified atom stereocenters. The summed E-state index contributed by atoms with van der Waals surface area (Å²) in [4.78, 5) is 19.2. The highest BCUT2D eigenvalue weighted by molar-refractivity contribution is 7.90.